The number of amides is 3. The molecule has 2 saturated carbocycles. The standard InChI is InChI=1S/C28H52N6O2/c1-19(2)15-29-16-21-10-9-11-22(14-21)18-34-25(30-23-12-7-6-8-13-23)24-26(31-34)33(17-20(3)4)28(36)32(5)27(24)35/h19-26,29-31H,6-18H2,1-5H3. The predicted molar refractivity (Wildman–Crippen MR) is 144 cm³/mol. The van der Waals surface area contributed by atoms with E-state index in [0.717, 1.165) is 25.6 Å². The van der Waals surface area contributed by atoms with Crippen LogP contribution in [0.2, 0.25) is 0 Å². The summed E-state index contributed by atoms with van der Waals surface area (Å²) in [5, 5.41) is 9.93. The number of imide groups is 1. The Morgan fingerprint density at radius 1 is 0.944 bits per heavy atom. The maximum atomic E-state index is 13.5. The molecule has 5 atom stereocenters. The van der Waals surface area contributed by atoms with Crippen LogP contribution >= 0.6 is 0 Å². The summed E-state index contributed by atoms with van der Waals surface area (Å²) < 4.78 is 0. The van der Waals surface area contributed by atoms with Crippen LogP contribution in [0.5, 0.6) is 0 Å². The van der Waals surface area contributed by atoms with Gasteiger partial charge in [0.25, 0.3) is 0 Å². The molecule has 4 fully saturated rings. The highest BCUT2D eigenvalue weighted by molar-refractivity contribution is 5.98. The van der Waals surface area contributed by atoms with Crippen molar-refractivity contribution >= 4 is 11.9 Å². The van der Waals surface area contributed by atoms with Crippen LogP contribution in [0.1, 0.15) is 85.5 Å². The van der Waals surface area contributed by atoms with E-state index in [1.807, 2.05) is 4.90 Å². The lowest BCUT2D eigenvalue weighted by atomic mass is 9.81. The maximum absolute atomic E-state index is 13.5. The first-order chi connectivity index (χ1) is 17.2. The van der Waals surface area contributed by atoms with Gasteiger partial charge in [-0.1, -0.05) is 53.4 Å². The lowest BCUT2D eigenvalue weighted by Crippen LogP contribution is -2.64. The van der Waals surface area contributed by atoms with E-state index in [9.17, 15) is 9.59 Å². The van der Waals surface area contributed by atoms with Crippen LogP contribution in [0.25, 0.3) is 0 Å². The minimum atomic E-state index is -0.277. The van der Waals surface area contributed by atoms with Crippen LogP contribution in [-0.4, -0.2) is 78.3 Å². The topological polar surface area (TPSA) is 80.0 Å². The lowest BCUT2D eigenvalue weighted by molar-refractivity contribution is -0.138. The van der Waals surface area contributed by atoms with Crippen molar-refractivity contribution in [2.45, 2.75) is 104 Å². The van der Waals surface area contributed by atoms with Crippen LogP contribution in [0.3, 0.4) is 0 Å². The molecule has 2 aliphatic carbocycles. The molecule has 4 aliphatic rings. The minimum absolute atomic E-state index is 0.0484. The highest BCUT2D eigenvalue weighted by atomic mass is 16.2. The van der Waals surface area contributed by atoms with E-state index in [0.29, 0.717) is 30.3 Å². The number of hydrazine groups is 1. The average Bonchev–Trinajstić information content (AvgIpc) is 3.18. The first-order valence-electron chi connectivity index (χ1n) is 14.8. The molecule has 2 saturated heterocycles. The summed E-state index contributed by atoms with van der Waals surface area (Å²) in [7, 11) is 1.66. The first kappa shape index (κ1) is 27.8. The van der Waals surface area contributed by atoms with Crippen LogP contribution in [0, 0.1) is 29.6 Å². The Morgan fingerprint density at radius 3 is 2.36 bits per heavy atom. The van der Waals surface area contributed by atoms with Gasteiger partial charge in [0.2, 0.25) is 5.91 Å². The van der Waals surface area contributed by atoms with Gasteiger partial charge in [0.1, 0.15) is 12.1 Å². The van der Waals surface area contributed by atoms with Crippen LogP contribution in [0.15, 0.2) is 0 Å². The second-order valence-electron chi connectivity index (χ2n) is 12.9. The fraction of sp³-hybridized carbons (Fsp3) is 0.929. The number of carbonyl (C=O) groups is 2. The van der Waals surface area contributed by atoms with Crippen molar-refractivity contribution in [2.75, 3.05) is 33.2 Å². The largest absolute Gasteiger partial charge is 0.327 e. The Labute approximate surface area is 219 Å². The molecule has 2 aliphatic heterocycles. The predicted octanol–water partition coefficient (Wildman–Crippen LogP) is 3.60. The van der Waals surface area contributed by atoms with Crippen molar-refractivity contribution in [3.63, 3.8) is 0 Å². The number of hydrogen-bond acceptors (Lipinski definition) is 6. The Balaban J connectivity index is 1.49. The lowest BCUT2D eigenvalue weighted by Gasteiger charge is -2.42. The maximum Gasteiger partial charge on any atom is 0.327 e. The Morgan fingerprint density at radius 2 is 1.67 bits per heavy atom. The summed E-state index contributed by atoms with van der Waals surface area (Å²) in [5.74, 6) is 2.03. The molecule has 0 aromatic carbocycles. The molecule has 2 heterocycles. The Hall–Kier alpha value is -1.22. The third-order valence-corrected chi connectivity index (χ3v) is 8.70. The Kier molecular flexibility index (Phi) is 9.69. The fourth-order valence-corrected chi connectivity index (χ4v) is 6.92. The zero-order valence-electron chi connectivity index (χ0n) is 23.5. The molecule has 3 amide bonds. The third kappa shape index (κ3) is 6.61. The van der Waals surface area contributed by atoms with Crippen LogP contribution < -0.4 is 16.1 Å². The van der Waals surface area contributed by atoms with E-state index in [2.05, 4.69) is 48.8 Å². The molecule has 8 nitrogen and oxygen atoms in total. The van der Waals surface area contributed by atoms with Gasteiger partial charge >= 0.3 is 6.03 Å². The average molecular weight is 505 g/mol. The summed E-state index contributed by atoms with van der Waals surface area (Å²) in [5.41, 5.74) is 3.70. The van der Waals surface area contributed by atoms with Crippen molar-refractivity contribution in [3.8, 4) is 0 Å². The summed E-state index contributed by atoms with van der Waals surface area (Å²) in [6.45, 7) is 12.6. The number of nitrogens with zero attached hydrogens (tertiary/aromatic N) is 3. The van der Waals surface area contributed by atoms with E-state index in [1.165, 1.54) is 62.7 Å². The number of nitrogens with one attached hydrogen (secondary N) is 3. The van der Waals surface area contributed by atoms with Crippen molar-refractivity contribution in [3.05, 3.63) is 0 Å². The van der Waals surface area contributed by atoms with Gasteiger partial charge in [-0.3, -0.25) is 15.0 Å². The number of carbonyl (C=O) groups excluding carboxylic acids is 2. The minimum Gasteiger partial charge on any atom is -0.316 e. The first-order valence-corrected chi connectivity index (χ1v) is 14.8. The second kappa shape index (κ2) is 12.5. The summed E-state index contributed by atoms with van der Waals surface area (Å²) in [6.07, 6.45) is 10.9. The summed E-state index contributed by atoms with van der Waals surface area (Å²) in [6, 6.07) is 0.273. The monoisotopic (exact) mass is 504 g/mol. The third-order valence-electron chi connectivity index (χ3n) is 8.70. The van der Waals surface area contributed by atoms with E-state index in [4.69, 9.17) is 0 Å². The van der Waals surface area contributed by atoms with E-state index >= 15 is 0 Å². The molecule has 36 heavy (non-hydrogen) atoms. The number of urea groups is 1. The van der Waals surface area contributed by atoms with Crippen molar-refractivity contribution in [2.24, 2.45) is 29.6 Å². The van der Waals surface area contributed by atoms with E-state index in [-0.39, 0.29) is 30.2 Å². The van der Waals surface area contributed by atoms with Gasteiger partial charge < -0.3 is 10.2 Å². The van der Waals surface area contributed by atoms with Crippen molar-refractivity contribution < 1.29 is 9.59 Å². The smallest absolute Gasteiger partial charge is 0.316 e. The van der Waals surface area contributed by atoms with Gasteiger partial charge in [0.15, 0.2) is 0 Å². The number of fused-ring (bicyclic) bond motifs is 1. The van der Waals surface area contributed by atoms with Gasteiger partial charge in [-0.15, -0.1) is 0 Å². The van der Waals surface area contributed by atoms with E-state index < -0.39 is 0 Å². The van der Waals surface area contributed by atoms with Gasteiger partial charge in [0.05, 0.1) is 6.17 Å². The quantitative estimate of drug-likeness (QED) is 0.422. The SMILES string of the molecule is CC(C)CNCC1CCCC(CN2NC3C(C(=O)N(C)C(=O)N3CC(C)C)C2NC2CCCCC2)C1. The second-order valence-corrected chi connectivity index (χ2v) is 12.9. The highest BCUT2D eigenvalue weighted by Gasteiger charge is 2.55. The molecule has 5 unspecified atom stereocenters. The fourth-order valence-electron chi connectivity index (χ4n) is 6.92. The van der Waals surface area contributed by atoms with Crippen LogP contribution in [0.4, 0.5) is 4.79 Å². The summed E-state index contributed by atoms with van der Waals surface area (Å²) >= 11 is 0. The van der Waals surface area contributed by atoms with Crippen LogP contribution in [-0.2, 0) is 4.79 Å². The van der Waals surface area contributed by atoms with Gasteiger partial charge in [-0.25, -0.2) is 15.2 Å². The normalized spacial score (nSPS) is 32.7. The zero-order chi connectivity index (χ0) is 25.8. The number of hydrogen-bond donors (Lipinski definition) is 3. The molecule has 0 aromatic heterocycles. The van der Waals surface area contributed by atoms with E-state index in [1.54, 1.807) is 7.05 Å². The molecule has 0 spiro atoms. The summed E-state index contributed by atoms with van der Waals surface area (Å²) in [4.78, 5) is 29.9. The molecule has 0 radical (unpaired) electrons. The number of rotatable bonds is 10. The molecule has 0 aromatic rings. The molecule has 8 heteroatoms. The zero-order valence-corrected chi connectivity index (χ0v) is 23.5. The van der Waals surface area contributed by atoms with Gasteiger partial charge in [-0.2, -0.15) is 0 Å². The van der Waals surface area contributed by atoms with Crippen molar-refractivity contribution in [1.82, 2.24) is 30.9 Å². The molecule has 206 valence electrons. The molecular weight excluding hydrogens is 452 g/mol. The Bertz CT molecular complexity index is 740. The van der Waals surface area contributed by atoms with Gasteiger partial charge in [0, 0.05) is 26.2 Å². The van der Waals surface area contributed by atoms with Crippen molar-refractivity contribution in [1.29, 1.82) is 0 Å². The molecule has 0 bridgehead atoms. The highest BCUT2D eigenvalue weighted by Crippen LogP contribution is 2.35. The van der Waals surface area contributed by atoms with Gasteiger partial charge in [-0.05, 0) is 68.9 Å². The molecule has 4 rings (SSSR count). The molecular formula is C28H52N6O2. The molecule has 3 N–H and O–H groups in total.